The molecule has 0 unspecified atom stereocenters. The Bertz CT molecular complexity index is 406. The maximum Gasteiger partial charge on any atom is 0.131 e. The highest BCUT2D eigenvalue weighted by molar-refractivity contribution is 5.52. The molecule has 1 saturated carbocycles. The Labute approximate surface area is 102 Å². The number of hydrogen-bond acceptors (Lipinski definition) is 4. The van der Waals surface area contributed by atoms with E-state index in [1.165, 1.54) is 31.5 Å². The fourth-order valence-corrected chi connectivity index (χ4v) is 2.66. The molecule has 1 aromatic heterocycles. The fraction of sp³-hybridized carbons (Fsp3) is 0.615. The van der Waals surface area contributed by atoms with Crippen LogP contribution in [-0.2, 0) is 0 Å². The fourth-order valence-electron chi connectivity index (χ4n) is 2.66. The van der Waals surface area contributed by atoms with Gasteiger partial charge in [0.1, 0.15) is 5.82 Å². The van der Waals surface area contributed by atoms with Crippen molar-refractivity contribution in [3.63, 3.8) is 0 Å². The van der Waals surface area contributed by atoms with E-state index in [-0.39, 0.29) is 0 Å². The first-order valence-electron chi connectivity index (χ1n) is 6.45. The van der Waals surface area contributed by atoms with Crippen LogP contribution in [0.5, 0.6) is 0 Å². The van der Waals surface area contributed by atoms with Crippen LogP contribution in [0.2, 0.25) is 0 Å². The van der Waals surface area contributed by atoms with Crippen molar-refractivity contribution in [3.8, 4) is 0 Å². The van der Waals surface area contributed by atoms with E-state index in [1.54, 1.807) is 6.20 Å². The van der Waals surface area contributed by atoms with E-state index >= 15 is 0 Å². The van der Waals surface area contributed by atoms with Crippen molar-refractivity contribution in [2.75, 3.05) is 36.8 Å². The van der Waals surface area contributed by atoms with E-state index in [0.717, 1.165) is 30.6 Å². The zero-order chi connectivity index (χ0) is 11.8. The van der Waals surface area contributed by atoms with Gasteiger partial charge in [-0.15, -0.1) is 0 Å². The molecular formula is C13H20N4. The first-order chi connectivity index (χ1) is 8.24. The normalized spacial score (nSPS) is 21.8. The number of rotatable bonds is 2. The number of nitrogens with zero attached hydrogens (tertiary/aromatic N) is 3. The quantitative estimate of drug-likeness (QED) is 0.833. The van der Waals surface area contributed by atoms with Crippen LogP contribution in [0.25, 0.3) is 0 Å². The van der Waals surface area contributed by atoms with Crippen LogP contribution in [0, 0.1) is 6.92 Å². The molecule has 2 fully saturated rings. The van der Waals surface area contributed by atoms with Gasteiger partial charge in [0.25, 0.3) is 0 Å². The van der Waals surface area contributed by atoms with Gasteiger partial charge in [0.05, 0.1) is 11.9 Å². The molecule has 2 heterocycles. The smallest absolute Gasteiger partial charge is 0.131 e. The summed E-state index contributed by atoms with van der Waals surface area (Å²) in [5, 5.41) is 0. The lowest BCUT2D eigenvalue weighted by atomic mass is 10.2. The summed E-state index contributed by atoms with van der Waals surface area (Å²) in [5.41, 5.74) is 7.68. The molecule has 17 heavy (non-hydrogen) atoms. The standard InChI is InChI=1S/C13H20N4/c1-10-8-11(14)9-15-13(10)17-6-4-16(5-7-17)12-2-3-12/h8-9,12H,2-7,14H2,1H3. The second kappa shape index (κ2) is 4.18. The van der Waals surface area contributed by atoms with Crippen molar-refractivity contribution in [3.05, 3.63) is 17.8 Å². The molecule has 0 aromatic carbocycles. The van der Waals surface area contributed by atoms with Gasteiger partial charge in [0.15, 0.2) is 0 Å². The Kier molecular flexibility index (Phi) is 2.67. The molecule has 2 N–H and O–H groups in total. The molecule has 0 amide bonds. The largest absolute Gasteiger partial charge is 0.397 e. The maximum absolute atomic E-state index is 5.74. The van der Waals surface area contributed by atoms with E-state index in [2.05, 4.69) is 21.7 Å². The van der Waals surface area contributed by atoms with Gasteiger partial charge in [-0.05, 0) is 31.4 Å². The summed E-state index contributed by atoms with van der Waals surface area (Å²) in [7, 11) is 0. The summed E-state index contributed by atoms with van der Waals surface area (Å²) in [6.45, 7) is 6.63. The molecule has 0 spiro atoms. The van der Waals surface area contributed by atoms with E-state index in [4.69, 9.17) is 5.73 Å². The van der Waals surface area contributed by atoms with Crippen LogP contribution in [0.4, 0.5) is 11.5 Å². The SMILES string of the molecule is Cc1cc(N)cnc1N1CCN(C2CC2)CC1. The van der Waals surface area contributed by atoms with Crippen LogP contribution >= 0.6 is 0 Å². The van der Waals surface area contributed by atoms with E-state index in [1.807, 2.05) is 6.07 Å². The average molecular weight is 232 g/mol. The minimum Gasteiger partial charge on any atom is -0.397 e. The van der Waals surface area contributed by atoms with Gasteiger partial charge in [-0.1, -0.05) is 0 Å². The molecule has 3 rings (SSSR count). The molecule has 4 heteroatoms. The molecule has 4 nitrogen and oxygen atoms in total. The number of hydrogen-bond donors (Lipinski definition) is 1. The van der Waals surface area contributed by atoms with Crippen molar-refractivity contribution in [2.45, 2.75) is 25.8 Å². The third kappa shape index (κ3) is 2.22. The van der Waals surface area contributed by atoms with E-state index in [9.17, 15) is 0 Å². The highest BCUT2D eigenvalue weighted by Gasteiger charge is 2.31. The average Bonchev–Trinajstić information content (AvgIpc) is 3.13. The van der Waals surface area contributed by atoms with Crippen LogP contribution in [0.1, 0.15) is 18.4 Å². The molecular weight excluding hydrogens is 212 g/mol. The van der Waals surface area contributed by atoms with Crippen molar-refractivity contribution in [1.29, 1.82) is 0 Å². The molecule has 92 valence electrons. The Morgan fingerprint density at radius 1 is 1.24 bits per heavy atom. The lowest BCUT2D eigenvalue weighted by molar-refractivity contribution is 0.247. The van der Waals surface area contributed by atoms with Gasteiger partial charge in [-0.3, -0.25) is 4.90 Å². The number of nitrogen functional groups attached to an aromatic ring is 1. The lowest BCUT2D eigenvalue weighted by Gasteiger charge is -2.36. The predicted octanol–water partition coefficient (Wildman–Crippen LogP) is 1.26. The van der Waals surface area contributed by atoms with E-state index in [0.29, 0.717) is 0 Å². The Morgan fingerprint density at radius 2 is 1.94 bits per heavy atom. The van der Waals surface area contributed by atoms with Gasteiger partial charge in [0, 0.05) is 32.2 Å². The first-order valence-corrected chi connectivity index (χ1v) is 6.45. The Morgan fingerprint density at radius 3 is 2.53 bits per heavy atom. The van der Waals surface area contributed by atoms with Crippen molar-refractivity contribution in [1.82, 2.24) is 9.88 Å². The van der Waals surface area contributed by atoms with Crippen LogP contribution in [-0.4, -0.2) is 42.1 Å². The minimum absolute atomic E-state index is 0.753. The number of nitrogens with two attached hydrogens (primary N) is 1. The van der Waals surface area contributed by atoms with Gasteiger partial charge < -0.3 is 10.6 Å². The second-order valence-electron chi connectivity index (χ2n) is 5.16. The van der Waals surface area contributed by atoms with Crippen molar-refractivity contribution >= 4 is 11.5 Å². The summed E-state index contributed by atoms with van der Waals surface area (Å²) in [5.74, 6) is 1.11. The highest BCUT2D eigenvalue weighted by atomic mass is 15.3. The third-order valence-corrected chi connectivity index (χ3v) is 3.75. The summed E-state index contributed by atoms with van der Waals surface area (Å²) < 4.78 is 0. The maximum atomic E-state index is 5.74. The zero-order valence-corrected chi connectivity index (χ0v) is 10.4. The number of aryl methyl sites for hydroxylation is 1. The van der Waals surface area contributed by atoms with Crippen LogP contribution in [0.3, 0.4) is 0 Å². The Hall–Kier alpha value is -1.29. The van der Waals surface area contributed by atoms with Crippen molar-refractivity contribution < 1.29 is 0 Å². The topological polar surface area (TPSA) is 45.4 Å². The molecule has 1 aliphatic heterocycles. The number of anilines is 2. The number of pyridine rings is 1. The van der Waals surface area contributed by atoms with Gasteiger partial charge >= 0.3 is 0 Å². The van der Waals surface area contributed by atoms with Crippen molar-refractivity contribution in [2.24, 2.45) is 0 Å². The monoisotopic (exact) mass is 232 g/mol. The van der Waals surface area contributed by atoms with Crippen LogP contribution < -0.4 is 10.6 Å². The van der Waals surface area contributed by atoms with Gasteiger partial charge in [-0.2, -0.15) is 0 Å². The Balaban J connectivity index is 1.68. The highest BCUT2D eigenvalue weighted by Crippen LogP contribution is 2.28. The van der Waals surface area contributed by atoms with Crippen LogP contribution in [0.15, 0.2) is 12.3 Å². The summed E-state index contributed by atoms with van der Waals surface area (Å²) in [4.78, 5) is 9.47. The number of piperazine rings is 1. The zero-order valence-electron chi connectivity index (χ0n) is 10.4. The van der Waals surface area contributed by atoms with Gasteiger partial charge in [-0.25, -0.2) is 4.98 Å². The summed E-state index contributed by atoms with van der Waals surface area (Å²) in [6, 6.07) is 2.90. The molecule has 0 bridgehead atoms. The third-order valence-electron chi connectivity index (χ3n) is 3.75. The molecule has 0 radical (unpaired) electrons. The lowest BCUT2D eigenvalue weighted by Crippen LogP contribution is -2.47. The predicted molar refractivity (Wildman–Crippen MR) is 70.2 cm³/mol. The second-order valence-corrected chi connectivity index (χ2v) is 5.16. The van der Waals surface area contributed by atoms with E-state index < -0.39 is 0 Å². The molecule has 1 saturated heterocycles. The molecule has 0 atom stereocenters. The van der Waals surface area contributed by atoms with Gasteiger partial charge in [0.2, 0.25) is 0 Å². The summed E-state index contributed by atoms with van der Waals surface area (Å²) >= 11 is 0. The number of aromatic nitrogens is 1. The summed E-state index contributed by atoms with van der Waals surface area (Å²) in [6.07, 6.45) is 4.56. The molecule has 1 aliphatic carbocycles. The molecule has 1 aromatic rings. The minimum atomic E-state index is 0.753. The first kappa shape index (κ1) is 10.8. The molecule has 2 aliphatic rings.